The summed E-state index contributed by atoms with van der Waals surface area (Å²) < 4.78 is 2.48. The van der Waals surface area contributed by atoms with Gasteiger partial charge in [-0.25, -0.2) is 4.98 Å². The summed E-state index contributed by atoms with van der Waals surface area (Å²) in [4.78, 5) is 4.91. The van der Waals surface area contributed by atoms with Gasteiger partial charge in [0, 0.05) is 24.1 Å². The number of aromatic nitrogens is 2. The highest BCUT2D eigenvalue weighted by atomic mass is 15.1. The van der Waals surface area contributed by atoms with Gasteiger partial charge in [0.15, 0.2) is 0 Å². The van der Waals surface area contributed by atoms with Crippen LogP contribution in [0.4, 0.5) is 0 Å². The van der Waals surface area contributed by atoms with Gasteiger partial charge in [-0.2, -0.15) is 0 Å². The first-order valence-corrected chi connectivity index (χ1v) is 6.51. The molecule has 0 unspecified atom stereocenters. The van der Waals surface area contributed by atoms with E-state index in [0.29, 0.717) is 5.92 Å². The molecule has 0 amide bonds. The lowest BCUT2D eigenvalue weighted by Crippen LogP contribution is -2.17. The quantitative estimate of drug-likeness (QED) is 0.706. The molecule has 0 spiro atoms. The Kier molecular flexibility index (Phi) is 2.85. The summed E-state index contributed by atoms with van der Waals surface area (Å²) in [6, 6.07) is 0. The zero-order valence-corrected chi connectivity index (χ0v) is 11.3. The van der Waals surface area contributed by atoms with Gasteiger partial charge in [-0.15, -0.1) is 0 Å². The molecule has 0 radical (unpaired) electrons. The van der Waals surface area contributed by atoms with E-state index in [1.165, 1.54) is 36.6 Å². The van der Waals surface area contributed by atoms with Crippen LogP contribution in [0.25, 0.3) is 0 Å². The molecule has 2 rings (SSSR count). The smallest absolute Gasteiger partial charge is 0.109 e. The fourth-order valence-corrected chi connectivity index (χ4v) is 2.64. The van der Waals surface area contributed by atoms with E-state index in [-0.39, 0.29) is 5.41 Å². The van der Waals surface area contributed by atoms with Gasteiger partial charge >= 0.3 is 0 Å². The average molecular weight is 220 g/mol. The Hall–Kier alpha value is -0.790. The Labute approximate surface area is 99.1 Å². The molecule has 2 nitrogen and oxygen atoms in total. The van der Waals surface area contributed by atoms with Crippen molar-refractivity contribution in [2.75, 3.05) is 0 Å². The first-order valence-electron chi connectivity index (χ1n) is 6.51. The van der Waals surface area contributed by atoms with Crippen molar-refractivity contribution < 1.29 is 0 Å². The molecule has 0 saturated heterocycles. The molecule has 0 N–H and O–H groups in total. The monoisotopic (exact) mass is 220 g/mol. The van der Waals surface area contributed by atoms with Gasteiger partial charge < -0.3 is 4.57 Å². The lowest BCUT2D eigenvalue weighted by atomic mass is 9.88. The van der Waals surface area contributed by atoms with Crippen molar-refractivity contribution in [3.8, 4) is 0 Å². The Morgan fingerprint density at radius 3 is 2.44 bits per heavy atom. The third-order valence-electron chi connectivity index (χ3n) is 3.38. The predicted molar refractivity (Wildman–Crippen MR) is 68.0 cm³/mol. The molecule has 0 saturated carbocycles. The maximum absolute atomic E-state index is 4.91. The molecule has 2 heterocycles. The lowest BCUT2D eigenvalue weighted by molar-refractivity contribution is 0.497. The molecule has 1 aromatic rings. The molecule has 0 bridgehead atoms. The summed E-state index contributed by atoms with van der Waals surface area (Å²) in [7, 11) is 0. The Balaban J connectivity index is 2.56. The summed E-state index contributed by atoms with van der Waals surface area (Å²) in [6.07, 6.45) is 3.78. The fraction of sp³-hybridized carbons (Fsp3) is 0.786. The highest BCUT2D eigenvalue weighted by Gasteiger charge is 2.28. The molecule has 0 fully saturated rings. The molecular weight excluding hydrogens is 196 g/mol. The molecule has 1 aliphatic rings. The van der Waals surface area contributed by atoms with E-state index in [9.17, 15) is 0 Å². The zero-order valence-electron chi connectivity index (χ0n) is 11.3. The first kappa shape index (κ1) is 11.7. The minimum atomic E-state index is 0.171. The number of imidazole rings is 1. The van der Waals surface area contributed by atoms with E-state index in [4.69, 9.17) is 4.98 Å². The van der Waals surface area contributed by atoms with Crippen LogP contribution in [0.5, 0.6) is 0 Å². The van der Waals surface area contributed by atoms with Gasteiger partial charge in [-0.1, -0.05) is 34.6 Å². The van der Waals surface area contributed by atoms with Crippen LogP contribution in [0.2, 0.25) is 0 Å². The van der Waals surface area contributed by atoms with Gasteiger partial charge in [-0.3, -0.25) is 0 Å². The third kappa shape index (κ3) is 1.90. The highest BCUT2D eigenvalue weighted by Crippen LogP contribution is 2.32. The SMILES string of the molecule is CC(C)c1c(C(C)(C)C)nc2n1CCCC2. The Morgan fingerprint density at radius 2 is 1.88 bits per heavy atom. The number of aryl methyl sites for hydroxylation is 1. The van der Waals surface area contributed by atoms with Crippen molar-refractivity contribution in [3.63, 3.8) is 0 Å². The standard InChI is InChI=1S/C14H24N2/c1-10(2)12-13(14(3,4)5)15-11-8-6-7-9-16(11)12/h10H,6-9H2,1-5H3. The average Bonchev–Trinajstić information content (AvgIpc) is 2.55. The first-order chi connectivity index (χ1) is 7.41. The van der Waals surface area contributed by atoms with Crippen LogP contribution in [0, 0.1) is 0 Å². The Bertz CT molecular complexity index is 380. The molecule has 0 aliphatic carbocycles. The van der Waals surface area contributed by atoms with Crippen LogP contribution in [0.1, 0.15) is 70.6 Å². The molecule has 2 heteroatoms. The largest absolute Gasteiger partial charge is 0.331 e. The van der Waals surface area contributed by atoms with E-state index >= 15 is 0 Å². The molecule has 0 aromatic carbocycles. The normalized spacial score (nSPS) is 16.6. The van der Waals surface area contributed by atoms with Crippen LogP contribution < -0.4 is 0 Å². The van der Waals surface area contributed by atoms with Crippen molar-refractivity contribution in [2.45, 2.75) is 71.8 Å². The number of hydrogen-bond donors (Lipinski definition) is 0. The lowest BCUT2D eigenvalue weighted by Gasteiger charge is -2.22. The van der Waals surface area contributed by atoms with Crippen LogP contribution >= 0.6 is 0 Å². The van der Waals surface area contributed by atoms with Crippen LogP contribution in [-0.4, -0.2) is 9.55 Å². The molecule has 0 atom stereocenters. The van der Waals surface area contributed by atoms with Gasteiger partial charge in [0.25, 0.3) is 0 Å². The van der Waals surface area contributed by atoms with Crippen LogP contribution in [0.3, 0.4) is 0 Å². The van der Waals surface area contributed by atoms with E-state index in [2.05, 4.69) is 39.2 Å². The topological polar surface area (TPSA) is 17.8 Å². The minimum absolute atomic E-state index is 0.171. The molecule has 90 valence electrons. The van der Waals surface area contributed by atoms with Crippen molar-refractivity contribution in [2.24, 2.45) is 0 Å². The zero-order chi connectivity index (χ0) is 11.9. The summed E-state index contributed by atoms with van der Waals surface area (Å²) in [5.41, 5.74) is 2.96. The van der Waals surface area contributed by atoms with Crippen molar-refractivity contribution in [1.82, 2.24) is 9.55 Å². The van der Waals surface area contributed by atoms with Crippen LogP contribution in [-0.2, 0) is 18.4 Å². The van der Waals surface area contributed by atoms with Gasteiger partial charge in [-0.05, 0) is 18.8 Å². The third-order valence-corrected chi connectivity index (χ3v) is 3.38. The summed E-state index contributed by atoms with van der Waals surface area (Å²) in [5.74, 6) is 1.90. The maximum atomic E-state index is 4.91. The van der Waals surface area contributed by atoms with Gasteiger partial charge in [0.1, 0.15) is 5.82 Å². The summed E-state index contributed by atoms with van der Waals surface area (Å²) >= 11 is 0. The second-order valence-electron chi connectivity index (χ2n) is 6.28. The number of nitrogens with zero attached hydrogens (tertiary/aromatic N) is 2. The molecule has 16 heavy (non-hydrogen) atoms. The van der Waals surface area contributed by atoms with E-state index < -0.39 is 0 Å². The Morgan fingerprint density at radius 1 is 1.19 bits per heavy atom. The fourth-order valence-electron chi connectivity index (χ4n) is 2.64. The second-order valence-corrected chi connectivity index (χ2v) is 6.28. The summed E-state index contributed by atoms with van der Waals surface area (Å²) in [6.45, 7) is 12.6. The van der Waals surface area contributed by atoms with Crippen molar-refractivity contribution in [1.29, 1.82) is 0 Å². The molecular formula is C14H24N2. The minimum Gasteiger partial charge on any atom is -0.331 e. The van der Waals surface area contributed by atoms with E-state index in [1.807, 2.05) is 0 Å². The number of hydrogen-bond acceptors (Lipinski definition) is 1. The predicted octanol–water partition coefficient (Wildman–Crippen LogP) is 3.64. The number of fused-ring (bicyclic) bond motifs is 1. The highest BCUT2D eigenvalue weighted by molar-refractivity contribution is 5.27. The molecule has 1 aliphatic heterocycles. The van der Waals surface area contributed by atoms with E-state index in [1.54, 1.807) is 0 Å². The van der Waals surface area contributed by atoms with Crippen molar-refractivity contribution >= 4 is 0 Å². The van der Waals surface area contributed by atoms with Crippen LogP contribution in [0.15, 0.2) is 0 Å². The van der Waals surface area contributed by atoms with Crippen molar-refractivity contribution in [3.05, 3.63) is 17.2 Å². The number of rotatable bonds is 1. The van der Waals surface area contributed by atoms with E-state index in [0.717, 1.165) is 6.42 Å². The van der Waals surface area contributed by atoms with Gasteiger partial charge in [0.05, 0.1) is 5.69 Å². The molecule has 1 aromatic heterocycles. The second kappa shape index (κ2) is 3.90. The maximum Gasteiger partial charge on any atom is 0.109 e. The van der Waals surface area contributed by atoms with Gasteiger partial charge in [0.2, 0.25) is 0 Å². The summed E-state index contributed by atoms with van der Waals surface area (Å²) in [5, 5.41) is 0.